The van der Waals surface area contributed by atoms with E-state index in [-0.39, 0.29) is 29.5 Å². The van der Waals surface area contributed by atoms with Crippen molar-refractivity contribution >= 4 is 16.9 Å². The average molecular weight is 523 g/mol. The highest BCUT2D eigenvalue weighted by Crippen LogP contribution is 2.46. The van der Waals surface area contributed by atoms with Gasteiger partial charge in [0.1, 0.15) is 11.3 Å². The number of ether oxygens (including phenoxy) is 1. The Morgan fingerprint density at radius 3 is 2.66 bits per heavy atom. The molecule has 2 saturated heterocycles. The number of piperidine rings is 2. The predicted molar refractivity (Wildman–Crippen MR) is 152 cm³/mol. The molecule has 1 aliphatic carbocycles. The maximum Gasteiger partial charge on any atom is 0.340 e. The van der Waals surface area contributed by atoms with Crippen LogP contribution in [-0.2, 0) is 4.79 Å². The minimum Gasteiger partial charge on any atom is -0.426 e. The smallest absolute Gasteiger partial charge is 0.340 e. The molecule has 2 aromatic rings. The quantitative estimate of drug-likeness (QED) is 0.151. The fourth-order valence-corrected chi connectivity index (χ4v) is 6.90. The Labute approximate surface area is 227 Å². The molecule has 38 heavy (non-hydrogen) atoms. The van der Waals surface area contributed by atoms with Gasteiger partial charge in [0, 0.05) is 30.5 Å². The molecule has 6 nitrogen and oxygen atoms in total. The summed E-state index contributed by atoms with van der Waals surface area (Å²) in [5.74, 6) is 1.29. The Kier molecular flexibility index (Phi) is 8.89. The van der Waals surface area contributed by atoms with Gasteiger partial charge in [-0.05, 0) is 86.8 Å². The van der Waals surface area contributed by atoms with Crippen LogP contribution >= 0.6 is 0 Å². The van der Waals surface area contributed by atoms with Crippen LogP contribution in [0.3, 0.4) is 0 Å². The second-order valence-electron chi connectivity index (χ2n) is 12.1. The highest BCUT2D eigenvalue weighted by Gasteiger charge is 2.38. The van der Waals surface area contributed by atoms with E-state index in [4.69, 9.17) is 9.15 Å². The van der Waals surface area contributed by atoms with Crippen molar-refractivity contribution in [3.8, 4) is 5.75 Å². The first-order chi connectivity index (χ1) is 18.5. The lowest BCUT2D eigenvalue weighted by Gasteiger charge is -2.38. The Bertz CT molecular complexity index is 1170. The van der Waals surface area contributed by atoms with E-state index < -0.39 is 0 Å². The number of unbranched alkanes of at least 4 members (excludes halogenated alkanes) is 2. The van der Waals surface area contributed by atoms with Crippen LogP contribution in [0.1, 0.15) is 126 Å². The summed E-state index contributed by atoms with van der Waals surface area (Å²) in [6, 6.07) is 4.21. The Morgan fingerprint density at radius 1 is 1.11 bits per heavy atom. The molecule has 3 aliphatic heterocycles. The van der Waals surface area contributed by atoms with Crippen molar-refractivity contribution < 1.29 is 13.9 Å². The van der Waals surface area contributed by atoms with Crippen LogP contribution in [-0.4, -0.2) is 37.0 Å². The zero-order valence-corrected chi connectivity index (χ0v) is 23.7. The van der Waals surface area contributed by atoms with Crippen molar-refractivity contribution in [3.63, 3.8) is 0 Å². The molecule has 4 atom stereocenters. The topological polar surface area (TPSA) is 71.8 Å². The van der Waals surface area contributed by atoms with Gasteiger partial charge < -0.3 is 19.4 Å². The van der Waals surface area contributed by atoms with Gasteiger partial charge in [-0.2, -0.15) is 0 Å². The maximum atomic E-state index is 13.2. The Balaban J connectivity index is 1.44. The summed E-state index contributed by atoms with van der Waals surface area (Å²) in [6.45, 7) is 10.8. The number of nitrogens with one attached hydrogen (secondary N) is 1. The molecule has 1 aromatic carbocycles. The third-order valence-corrected chi connectivity index (χ3v) is 9.41. The fraction of sp³-hybridized carbons (Fsp3) is 0.688. The summed E-state index contributed by atoms with van der Waals surface area (Å²) in [5.41, 5.74) is 3.22. The molecule has 0 saturated carbocycles. The summed E-state index contributed by atoms with van der Waals surface area (Å²) in [7, 11) is 0. The van der Waals surface area contributed by atoms with E-state index in [1.807, 2.05) is 6.07 Å². The minimum atomic E-state index is -0.219. The highest BCUT2D eigenvalue weighted by molar-refractivity contribution is 5.91. The number of carbonyl (C=O) groups excluding carboxylic acids is 1. The van der Waals surface area contributed by atoms with Crippen molar-refractivity contribution in [1.29, 1.82) is 0 Å². The largest absolute Gasteiger partial charge is 0.426 e. The summed E-state index contributed by atoms with van der Waals surface area (Å²) in [6.07, 6.45) is 11.8. The monoisotopic (exact) mass is 522 g/mol. The number of carbonyl (C=O) groups is 1. The molecule has 1 N–H and O–H groups in total. The van der Waals surface area contributed by atoms with Gasteiger partial charge in [-0.15, -0.1) is 0 Å². The molecule has 0 amide bonds. The second-order valence-corrected chi connectivity index (χ2v) is 12.1. The van der Waals surface area contributed by atoms with E-state index in [1.165, 1.54) is 38.5 Å². The van der Waals surface area contributed by atoms with Crippen molar-refractivity contribution in [1.82, 2.24) is 10.2 Å². The van der Waals surface area contributed by atoms with Gasteiger partial charge in [0.2, 0.25) is 0 Å². The number of hydrogen-bond acceptors (Lipinski definition) is 6. The van der Waals surface area contributed by atoms with Crippen molar-refractivity contribution in [2.24, 2.45) is 5.92 Å². The van der Waals surface area contributed by atoms with Crippen LogP contribution in [0.15, 0.2) is 21.3 Å². The number of rotatable bonds is 11. The van der Waals surface area contributed by atoms with Gasteiger partial charge in [-0.3, -0.25) is 4.79 Å². The molecule has 4 aliphatic rings. The molecule has 6 rings (SSSR count). The summed E-state index contributed by atoms with van der Waals surface area (Å²) in [5, 5.41) is 4.42. The molecule has 0 spiro atoms. The first-order valence-corrected chi connectivity index (χ1v) is 15.3. The molecule has 208 valence electrons. The maximum absolute atomic E-state index is 13.2. The lowest BCUT2D eigenvalue weighted by Crippen LogP contribution is -2.41. The van der Waals surface area contributed by atoms with Crippen LogP contribution < -0.4 is 15.7 Å². The van der Waals surface area contributed by atoms with Crippen LogP contribution in [0.4, 0.5) is 0 Å². The Morgan fingerprint density at radius 2 is 1.92 bits per heavy atom. The molecule has 4 heterocycles. The van der Waals surface area contributed by atoms with Crippen LogP contribution in [0.2, 0.25) is 0 Å². The van der Waals surface area contributed by atoms with Crippen LogP contribution in [0.5, 0.6) is 5.75 Å². The molecular formula is C32H46N2O4. The van der Waals surface area contributed by atoms with Crippen molar-refractivity contribution in [2.75, 3.05) is 26.2 Å². The normalized spacial score (nSPS) is 22.8. The van der Waals surface area contributed by atoms with Crippen molar-refractivity contribution in [2.45, 2.75) is 109 Å². The van der Waals surface area contributed by atoms with E-state index in [0.717, 1.165) is 73.9 Å². The molecule has 1 aromatic heterocycles. The third-order valence-electron chi connectivity index (χ3n) is 9.41. The number of nitrogens with zero attached hydrogens (tertiary/aromatic N) is 1. The van der Waals surface area contributed by atoms with Crippen LogP contribution in [0.25, 0.3) is 11.0 Å². The zero-order valence-electron chi connectivity index (χ0n) is 23.7. The number of esters is 1. The van der Waals surface area contributed by atoms with E-state index in [1.54, 1.807) is 0 Å². The molecule has 4 unspecified atom stereocenters. The Hall–Kier alpha value is -2.18. The summed E-state index contributed by atoms with van der Waals surface area (Å²) < 4.78 is 12.1. The highest BCUT2D eigenvalue weighted by atomic mass is 16.5. The number of hydrogen-bond donors (Lipinski definition) is 1. The number of benzene rings is 1. The van der Waals surface area contributed by atoms with Crippen LogP contribution in [0, 0.1) is 5.92 Å². The molecular weight excluding hydrogens is 476 g/mol. The van der Waals surface area contributed by atoms with Gasteiger partial charge in [0.05, 0.1) is 5.39 Å². The van der Waals surface area contributed by atoms with E-state index >= 15 is 0 Å². The van der Waals surface area contributed by atoms with Gasteiger partial charge >= 0.3 is 11.6 Å². The first kappa shape index (κ1) is 27.4. The minimum absolute atomic E-state index is 0.106. The fourth-order valence-electron chi connectivity index (χ4n) is 6.90. The van der Waals surface area contributed by atoms with E-state index in [2.05, 4.69) is 37.1 Å². The number of likely N-dealkylation sites (tertiary alicyclic amines) is 1. The molecule has 2 fully saturated rings. The molecule has 0 radical (unpaired) electrons. The van der Waals surface area contributed by atoms with Gasteiger partial charge in [-0.1, -0.05) is 52.9 Å². The van der Waals surface area contributed by atoms with E-state index in [0.29, 0.717) is 23.7 Å². The summed E-state index contributed by atoms with van der Waals surface area (Å²) >= 11 is 0. The SMILES string of the molecule is CCCCCC(C)C(C)c1cc(OC(=O)CCCN2CCCCC2)c2c3c(c(=O)oc2c1)C1CCC3NC1. The lowest BCUT2D eigenvalue weighted by atomic mass is 9.75. The molecule has 2 bridgehead atoms. The second kappa shape index (κ2) is 12.3. The van der Waals surface area contributed by atoms with Gasteiger partial charge in [-0.25, -0.2) is 4.79 Å². The first-order valence-electron chi connectivity index (χ1n) is 15.3. The standard InChI is InChI=1S/C32H46N2O4/c1-4-5-7-11-21(2)22(3)24-18-26(37-28(35)12-10-17-34-15-8-6-9-16-34)31-27(19-24)38-32(36)29-23-13-14-25(30(29)31)33-20-23/h18-19,21-23,25,33H,4-17,20H2,1-3H3. The zero-order chi connectivity index (χ0) is 26.6. The molecule has 6 heteroatoms. The number of fused-ring (bicyclic) bond motifs is 3. The predicted octanol–water partition coefficient (Wildman–Crippen LogP) is 6.81. The third kappa shape index (κ3) is 5.86. The average Bonchev–Trinajstić information content (AvgIpc) is 2.93. The van der Waals surface area contributed by atoms with Gasteiger partial charge in [0.15, 0.2) is 0 Å². The van der Waals surface area contributed by atoms with Crippen molar-refractivity contribution in [3.05, 3.63) is 39.2 Å². The summed E-state index contributed by atoms with van der Waals surface area (Å²) in [4.78, 5) is 28.8. The van der Waals surface area contributed by atoms with E-state index in [9.17, 15) is 9.59 Å². The lowest BCUT2D eigenvalue weighted by molar-refractivity contribution is -0.134. The van der Waals surface area contributed by atoms with Gasteiger partial charge in [0.25, 0.3) is 0 Å².